The topological polar surface area (TPSA) is 66.0 Å². The first kappa shape index (κ1) is 18.9. The second kappa shape index (κ2) is 9.12. The minimum Gasteiger partial charge on any atom is -0.453 e. The Labute approximate surface area is 138 Å². The predicted octanol–water partition coefficient (Wildman–Crippen LogP) is 1.91. The van der Waals surface area contributed by atoms with Crippen molar-refractivity contribution in [2.24, 2.45) is 4.99 Å². The molecule has 0 aromatic heterocycles. The molecule has 1 heterocycles. The van der Waals surface area contributed by atoms with E-state index in [1.165, 1.54) is 7.11 Å². The van der Waals surface area contributed by atoms with Crippen molar-refractivity contribution in [1.82, 2.24) is 15.5 Å². The molecule has 1 amide bonds. The largest absolute Gasteiger partial charge is 0.453 e. The molecule has 0 aliphatic carbocycles. The molecule has 0 aromatic rings. The van der Waals surface area contributed by atoms with E-state index in [2.05, 4.69) is 42.7 Å². The number of ether oxygens (including phenoxy) is 1. The fourth-order valence-electron chi connectivity index (χ4n) is 2.18. The molecule has 7 heteroatoms. The first-order valence-corrected chi connectivity index (χ1v) is 9.07. The number of piperidine rings is 1. The van der Waals surface area contributed by atoms with Crippen LogP contribution in [-0.4, -0.2) is 67.3 Å². The van der Waals surface area contributed by atoms with E-state index in [0.29, 0.717) is 6.04 Å². The Morgan fingerprint density at radius 2 is 2.05 bits per heavy atom. The first-order valence-electron chi connectivity index (χ1n) is 7.84. The molecule has 0 saturated carbocycles. The number of carbonyl (C=O) groups excluding carboxylic acids is 1. The molecular formula is C15H30N4O2S. The highest BCUT2D eigenvalue weighted by atomic mass is 32.2. The number of hydrogen-bond donors (Lipinski definition) is 2. The van der Waals surface area contributed by atoms with Crippen LogP contribution in [0.15, 0.2) is 4.99 Å². The monoisotopic (exact) mass is 330 g/mol. The second-order valence-corrected chi connectivity index (χ2v) is 7.55. The number of methoxy groups -OCH3 is 1. The number of amides is 1. The number of thioether (sulfide) groups is 1. The summed E-state index contributed by atoms with van der Waals surface area (Å²) < 4.78 is 4.90. The fourth-order valence-corrected chi connectivity index (χ4v) is 2.38. The van der Waals surface area contributed by atoms with Crippen molar-refractivity contribution in [3.8, 4) is 0 Å². The maximum Gasteiger partial charge on any atom is 0.409 e. The number of hydrogen-bond acceptors (Lipinski definition) is 4. The van der Waals surface area contributed by atoms with Crippen LogP contribution in [0.3, 0.4) is 0 Å². The Balaban J connectivity index is 2.51. The summed E-state index contributed by atoms with van der Waals surface area (Å²) in [6, 6.07) is 0.344. The minimum absolute atomic E-state index is 0.136. The van der Waals surface area contributed by atoms with Gasteiger partial charge in [0.15, 0.2) is 5.96 Å². The molecule has 1 aliphatic rings. The lowest BCUT2D eigenvalue weighted by molar-refractivity contribution is 0.111. The first-order chi connectivity index (χ1) is 10.4. The smallest absolute Gasteiger partial charge is 0.409 e. The molecule has 2 N–H and O–H groups in total. The minimum atomic E-state index is -0.235. The summed E-state index contributed by atoms with van der Waals surface area (Å²) in [7, 11) is 1.43. The van der Waals surface area contributed by atoms with Gasteiger partial charge in [-0.15, -0.1) is 0 Å². The lowest BCUT2D eigenvalue weighted by Crippen LogP contribution is -2.50. The summed E-state index contributed by atoms with van der Waals surface area (Å²) in [6.07, 6.45) is 3.69. The van der Waals surface area contributed by atoms with E-state index >= 15 is 0 Å². The van der Waals surface area contributed by atoms with Crippen LogP contribution in [0.1, 0.15) is 33.6 Å². The van der Waals surface area contributed by atoms with E-state index < -0.39 is 0 Å². The lowest BCUT2D eigenvalue weighted by atomic mass is 10.1. The number of aliphatic imine (C=N–C) groups is 1. The van der Waals surface area contributed by atoms with Gasteiger partial charge < -0.3 is 20.3 Å². The van der Waals surface area contributed by atoms with Gasteiger partial charge in [-0.05, 0) is 39.9 Å². The van der Waals surface area contributed by atoms with Gasteiger partial charge in [0.05, 0.1) is 13.7 Å². The Bertz CT molecular complexity index is 380. The highest BCUT2D eigenvalue weighted by Crippen LogP contribution is 2.21. The van der Waals surface area contributed by atoms with Gasteiger partial charge in [-0.25, -0.2) is 4.79 Å². The maximum atomic E-state index is 11.5. The van der Waals surface area contributed by atoms with E-state index in [9.17, 15) is 4.79 Å². The van der Waals surface area contributed by atoms with Crippen LogP contribution in [0.4, 0.5) is 4.79 Å². The van der Waals surface area contributed by atoms with Crippen LogP contribution in [-0.2, 0) is 4.74 Å². The van der Waals surface area contributed by atoms with Crippen LogP contribution >= 0.6 is 11.8 Å². The second-order valence-electron chi connectivity index (χ2n) is 6.03. The van der Waals surface area contributed by atoms with Gasteiger partial charge in [0.1, 0.15) is 0 Å². The van der Waals surface area contributed by atoms with Crippen LogP contribution in [0.5, 0.6) is 0 Å². The number of likely N-dealkylation sites (tertiary alicyclic amines) is 1. The van der Waals surface area contributed by atoms with Crippen LogP contribution in [0, 0.1) is 0 Å². The number of nitrogens with one attached hydrogen (secondary N) is 2. The van der Waals surface area contributed by atoms with E-state index in [4.69, 9.17) is 4.74 Å². The number of carbonyl (C=O) groups is 1. The summed E-state index contributed by atoms with van der Waals surface area (Å²) in [5.41, 5.74) is 0. The van der Waals surface area contributed by atoms with Crippen molar-refractivity contribution in [2.75, 3.05) is 39.5 Å². The number of nitrogens with zero attached hydrogens (tertiary/aromatic N) is 2. The van der Waals surface area contributed by atoms with E-state index in [0.717, 1.165) is 45.0 Å². The van der Waals surface area contributed by atoms with Crippen LogP contribution in [0.2, 0.25) is 0 Å². The Morgan fingerprint density at radius 1 is 1.41 bits per heavy atom. The van der Waals surface area contributed by atoms with E-state index in [1.807, 2.05) is 11.8 Å². The van der Waals surface area contributed by atoms with Crippen LogP contribution < -0.4 is 10.6 Å². The third kappa shape index (κ3) is 6.34. The molecule has 22 heavy (non-hydrogen) atoms. The van der Waals surface area contributed by atoms with Gasteiger partial charge >= 0.3 is 6.09 Å². The summed E-state index contributed by atoms with van der Waals surface area (Å²) in [4.78, 5) is 17.9. The average Bonchev–Trinajstić information content (AvgIpc) is 2.53. The van der Waals surface area contributed by atoms with E-state index in [-0.39, 0.29) is 10.8 Å². The molecule has 0 bridgehead atoms. The molecule has 0 radical (unpaired) electrons. The van der Waals surface area contributed by atoms with Crippen molar-refractivity contribution in [3.05, 3.63) is 0 Å². The van der Waals surface area contributed by atoms with Gasteiger partial charge in [0, 0.05) is 30.4 Å². The lowest BCUT2D eigenvalue weighted by Gasteiger charge is -2.32. The maximum absolute atomic E-state index is 11.5. The molecule has 6 nitrogen and oxygen atoms in total. The van der Waals surface area contributed by atoms with Gasteiger partial charge in [-0.3, -0.25) is 4.99 Å². The van der Waals surface area contributed by atoms with Crippen molar-refractivity contribution >= 4 is 23.8 Å². The standard InChI is InChI=1S/C15H30N4O2S/c1-6-16-13(17-11-15(2,3)22-5)18-12-7-9-19(10-8-12)14(20)21-4/h12H,6-11H2,1-5H3,(H2,16,17,18). The summed E-state index contributed by atoms with van der Waals surface area (Å²) in [5, 5.41) is 6.78. The quantitative estimate of drug-likeness (QED) is 0.595. The molecule has 1 rings (SSSR count). The number of guanidine groups is 1. The molecule has 128 valence electrons. The Kier molecular flexibility index (Phi) is 7.85. The van der Waals surface area contributed by atoms with Gasteiger partial charge in [0.2, 0.25) is 0 Å². The average molecular weight is 330 g/mol. The summed E-state index contributed by atoms with van der Waals surface area (Å²) >= 11 is 1.82. The van der Waals surface area contributed by atoms with Gasteiger partial charge in [-0.2, -0.15) is 11.8 Å². The zero-order valence-electron chi connectivity index (χ0n) is 14.4. The molecular weight excluding hydrogens is 300 g/mol. The molecule has 0 aromatic carbocycles. The highest BCUT2D eigenvalue weighted by molar-refractivity contribution is 7.99. The zero-order chi connectivity index (χ0) is 16.6. The fraction of sp³-hybridized carbons (Fsp3) is 0.867. The Hall–Kier alpha value is -1.11. The highest BCUT2D eigenvalue weighted by Gasteiger charge is 2.24. The molecule has 1 aliphatic heterocycles. The molecule has 0 spiro atoms. The third-order valence-corrected chi connectivity index (χ3v) is 5.02. The van der Waals surface area contributed by atoms with Gasteiger partial charge in [0.25, 0.3) is 0 Å². The number of rotatable bonds is 5. The van der Waals surface area contributed by atoms with E-state index in [1.54, 1.807) is 4.90 Å². The van der Waals surface area contributed by atoms with Crippen molar-refractivity contribution in [3.63, 3.8) is 0 Å². The molecule has 1 fully saturated rings. The molecule has 1 saturated heterocycles. The van der Waals surface area contributed by atoms with Crippen molar-refractivity contribution in [2.45, 2.75) is 44.4 Å². The normalized spacial score (nSPS) is 17.3. The van der Waals surface area contributed by atoms with Gasteiger partial charge in [-0.1, -0.05) is 0 Å². The van der Waals surface area contributed by atoms with Crippen LogP contribution in [0.25, 0.3) is 0 Å². The summed E-state index contributed by atoms with van der Waals surface area (Å²) in [5.74, 6) is 0.862. The van der Waals surface area contributed by atoms with Crippen molar-refractivity contribution < 1.29 is 9.53 Å². The Morgan fingerprint density at radius 3 is 2.55 bits per heavy atom. The molecule has 0 unspecified atom stereocenters. The third-order valence-electron chi connectivity index (χ3n) is 3.78. The molecule has 0 atom stereocenters. The zero-order valence-corrected chi connectivity index (χ0v) is 15.3. The summed E-state index contributed by atoms with van der Waals surface area (Å²) in [6.45, 7) is 9.51. The SMILES string of the molecule is CCNC(=NCC(C)(C)SC)NC1CCN(C(=O)OC)CC1. The van der Waals surface area contributed by atoms with Crippen molar-refractivity contribution in [1.29, 1.82) is 0 Å². The predicted molar refractivity (Wildman–Crippen MR) is 93.7 cm³/mol.